The summed E-state index contributed by atoms with van der Waals surface area (Å²) in [6.07, 6.45) is -0.768. The maximum absolute atomic E-state index is 12.7. The van der Waals surface area contributed by atoms with Gasteiger partial charge in [-0.1, -0.05) is 12.1 Å². The third kappa shape index (κ3) is 5.11. The number of hydrogen-bond acceptors (Lipinski definition) is 4. The van der Waals surface area contributed by atoms with E-state index in [-0.39, 0.29) is 11.3 Å². The van der Waals surface area contributed by atoms with Gasteiger partial charge in [0.1, 0.15) is 11.4 Å². The van der Waals surface area contributed by atoms with Crippen LogP contribution in [0.15, 0.2) is 67.0 Å². The SMILES string of the molecule is COc1ccc(-c2cn3ccc(C)cc3n2)cc1NS(=O)(=O)Cc1ccc(C(F)(F)F)cc1. The first-order valence-corrected chi connectivity index (χ1v) is 11.5. The zero-order valence-electron chi connectivity index (χ0n) is 17.7. The third-order valence-electron chi connectivity index (χ3n) is 5.01. The second-order valence-corrected chi connectivity index (χ2v) is 9.29. The lowest BCUT2D eigenvalue weighted by molar-refractivity contribution is -0.137. The highest BCUT2D eigenvalue weighted by molar-refractivity contribution is 7.91. The van der Waals surface area contributed by atoms with E-state index >= 15 is 0 Å². The molecule has 172 valence electrons. The summed E-state index contributed by atoms with van der Waals surface area (Å²) in [4.78, 5) is 4.59. The molecule has 0 radical (unpaired) electrons. The fraction of sp³-hybridized carbons (Fsp3) is 0.174. The minimum Gasteiger partial charge on any atom is -0.495 e. The van der Waals surface area contributed by atoms with Crippen LogP contribution in [0.3, 0.4) is 0 Å². The first-order chi connectivity index (χ1) is 15.5. The fourth-order valence-corrected chi connectivity index (χ4v) is 4.58. The molecule has 0 aliphatic carbocycles. The highest BCUT2D eigenvalue weighted by Crippen LogP contribution is 2.32. The van der Waals surface area contributed by atoms with Crippen molar-refractivity contribution in [1.29, 1.82) is 0 Å². The summed E-state index contributed by atoms with van der Waals surface area (Å²) in [5.74, 6) is -0.194. The Labute approximate surface area is 188 Å². The summed E-state index contributed by atoms with van der Waals surface area (Å²) in [5, 5.41) is 0. The van der Waals surface area contributed by atoms with Crippen LogP contribution in [0.4, 0.5) is 18.9 Å². The summed E-state index contributed by atoms with van der Waals surface area (Å²) in [7, 11) is -2.52. The molecule has 2 heterocycles. The molecule has 0 bridgehead atoms. The van der Waals surface area contributed by atoms with E-state index in [2.05, 4.69) is 9.71 Å². The standard InChI is InChI=1S/C23H20F3N3O3S/c1-15-9-10-29-13-20(27-22(29)11-15)17-5-8-21(32-2)19(12-17)28-33(30,31)14-16-3-6-18(7-4-16)23(24,25)26/h3-13,28H,14H2,1-2H3. The zero-order chi connectivity index (χ0) is 23.8. The van der Waals surface area contributed by atoms with E-state index in [0.717, 1.165) is 35.5 Å². The second kappa shape index (κ2) is 8.43. The molecular weight excluding hydrogens is 455 g/mol. The van der Waals surface area contributed by atoms with Gasteiger partial charge in [-0.15, -0.1) is 0 Å². The highest BCUT2D eigenvalue weighted by atomic mass is 32.2. The number of anilines is 1. The molecule has 0 atom stereocenters. The van der Waals surface area contributed by atoms with E-state index in [1.165, 1.54) is 7.11 Å². The van der Waals surface area contributed by atoms with Crippen LogP contribution in [0, 0.1) is 6.92 Å². The van der Waals surface area contributed by atoms with Crippen molar-refractivity contribution in [2.75, 3.05) is 11.8 Å². The van der Waals surface area contributed by atoms with Crippen LogP contribution in [0.1, 0.15) is 16.7 Å². The van der Waals surface area contributed by atoms with Crippen LogP contribution in [-0.4, -0.2) is 24.9 Å². The lowest BCUT2D eigenvalue weighted by atomic mass is 10.1. The van der Waals surface area contributed by atoms with Gasteiger partial charge < -0.3 is 9.14 Å². The van der Waals surface area contributed by atoms with Crippen LogP contribution in [0.25, 0.3) is 16.9 Å². The van der Waals surface area contributed by atoms with Gasteiger partial charge in [-0.2, -0.15) is 13.2 Å². The number of rotatable bonds is 6. The molecular formula is C23H20F3N3O3S. The number of aromatic nitrogens is 2. The average Bonchev–Trinajstić information content (AvgIpc) is 3.16. The van der Waals surface area contributed by atoms with Gasteiger partial charge in [-0.25, -0.2) is 13.4 Å². The number of hydrogen-bond donors (Lipinski definition) is 1. The molecule has 0 saturated carbocycles. The number of benzene rings is 2. The van der Waals surface area contributed by atoms with Gasteiger partial charge in [0.25, 0.3) is 0 Å². The Morgan fingerprint density at radius 1 is 1.06 bits per heavy atom. The van der Waals surface area contributed by atoms with Gasteiger partial charge >= 0.3 is 6.18 Å². The molecule has 0 fully saturated rings. The Hall–Kier alpha value is -3.53. The number of nitrogens with one attached hydrogen (secondary N) is 1. The lowest BCUT2D eigenvalue weighted by Crippen LogP contribution is -2.16. The molecule has 1 N–H and O–H groups in total. The van der Waals surface area contributed by atoms with E-state index in [0.29, 0.717) is 17.0 Å². The largest absolute Gasteiger partial charge is 0.495 e. The van der Waals surface area contributed by atoms with Gasteiger partial charge in [0.2, 0.25) is 10.0 Å². The summed E-state index contributed by atoms with van der Waals surface area (Å²) < 4.78 is 73.3. The molecule has 10 heteroatoms. The van der Waals surface area contributed by atoms with Crippen molar-refractivity contribution in [3.05, 3.63) is 83.7 Å². The number of imidazole rings is 1. The van der Waals surface area contributed by atoms with E-state index in [1.807, 2.05) is 35.9 Å². The van der Waals surface area contributed by atoms with E-state index < -0.39 is 27.5 Å². The third-order valence-corrected chi connectivity index (χ3v) is 6.26. The number of pyridine rings is 1. The molecule has 4 rings (SSSR count). The topological polar surface area (TPSA) is 72.7 Å². The van der Waals surface area contributed by atoms with Crippen molar-refractivity contribution in [1.82, 2.24) is 9.38 Å². The van der Waals surface area contributed by atoms with E-state index in [4.69, 9.17) is 4.74 Å². The van der Waals surface area contributed by atoms with Gasteiger partial charge in [-0.05, 0) is 60.5 Å². The van der Waals surface area contributed by atoms with Crippen LogP contribution < -0.4 is 9.46 Å². The predicted molar refractivity (Wildman–Crippen MR) is 120 cm³/mol. The van der Waals surface area contributed by atoms with Crippen LogP contribution in [-0.2, 0) is 22.0 Å². The molecule has 33 heavy (non-hydrogen) atoms. The molecule has 0 saturated heterocycles. The molecule has 0 amide bonds. The molecule has 4 aromatic rings. The Morgan fingerprint density at radius 2 is 1.79 bits per heavy atom. The van der Waals surface area contributed by atoms with Crippen molar-refractivity contribution < 1.29 is 26.3 Å². The number of methoxy groups -OCH3 is 1. The molecule has 0 aliphatic heterocycles. The Kier molecular flexibility index (Phi) is 5.79. The van der Waals surface area contributed by atoms with Crippen LogP contribution in [0.5, 0.6) is 5.75 Å². The van der Waals surface area contributed by atoms with Gasteiger partial charge in [0, 0.05) is 18.0 Å². The number of halogens is 3. The maximum Gasteiger partial charge on any atom is 0.416 e. The van der Waals surface area contributed by atoms with Crippen molar-refractivity contribution >= 4 is 21.4 Å². The number of fused-ring (bicyclic) bond motifs is 1. The van der Waals surface area contributed by atoms with Crippen LogP contribution in [0.2, 0.25) is 0 Å². The Bertz CT molecular complexity index is 1410. The monoisotopic (exact) mass is 475 g/mol. The molecule has 0 unspecified atom stereocenters. The van der Waals surface area contributed by atoms with Gasteiger partial charge in [0.15, 0.2) is 0 Å². The molecule has 0 spiro atoms. The summed E-state index contributed by atoms with van der Waals surface area (Å²) in [6.45, 7) is 1.96. The fourth-order valence-electron chi connectivity index (χ4n) is 3.38. The molecule has 0 aliphatic rings. The zero-order valence-corrected chi connectivity index (χ0v) is 18.5. The first kappa shape index (κ1) is 22.7. The summed E-state index contributed by atoms with van der Waals surface area (Å²) in [5.41, 5.74) is 2.72. The number of sulfonamides is 1. The minimum absolute atomic E-state index is 0.204. The first-order valence-electron chi connectivity index (χ1n) is 9.84. The van der Waals surface area contributed by atoms with Crippen molar-refractivity contribution in [3.8, 4) is 17.0 Å². The lowest BCUT2D eigenvalue weighted by Gasteiger charge is -2.13. The van der Waals surface area contributed by atoms with Crippen LogP contribution >= 0.6 is 0 Å². The van der Waals surface area contributed by atoms with Gasteiger partial charge in [0.05, 0.1) is 29.8 Å². The number of alkyl halides is 3. The smallest absolute Gasteiger partial charge is 0.416 e. The molecule has 2 aromatic carbocycles. The predicted octanol–water partition coefficient (Wildman–Crippen LogP) is 5.28. The van der Waals surface area contributed by atoms with Crippen molar-refractivity contribution in [3.63, 3.8) is 0 Å². The summed E-state index contributed by atoms with van der Waals surface area (Å²) in [6, 6.07) is 12.9. The Morgan fingerprint density at radius 3 is 2.45 bits per heavy atom. The maximum atomic E-state index is 12.7. The number of nitrogens with zero attached hydrogens (tertiary/aromatic N) is 2. The van der Waals surface area contributed by atoms with Gasteiger partial charge in [-0.3, -0.25) is 4.72 Å². The quantitative estimate of drug-likeness (QED) is 0.412. The normalized spacial score (nSPS) is 12.2. The Balaban J connectivity index is 1.60. The van der Waals surface area contributed by atoms with E-state index in [9.17, 15) is 21.6 Å². The number of aryl methyl sites for hydroxylation is 1. The molecule has 6 nitrogen and oxygen atoms in total. The van der Waals surface area contributed by atoms with Crippen molar-refractivity contribution in [2.45, 2.75) is 18.9 Å². The average molecular weight is 475 g/mol. The van der Waals surface area contributed by atoms with Crippen molar-refractivity contribution in [2.24, 2.45) is 0 Å². The minimum atomic E-state index is -4.49. The van der Waals surface area contributed by atoms with E-state index in [1.54, 1.807) is 18.2 Å². The second-order valence-electron chi connectivity index (χ2n) is 7.57. The molecule has 2 aromatic heterocycles. The highest BCUT2D eigenvalue weighted by Gasteiger charge is 2.30. The number of ether oxygens (including phenoxy) is 1. The summed E-state index contributed by atoms with van der Waals surface area (Å²) >= 11 is 0.